The number of rotatable bonds is 5. The molecule has 1 N–H and O–H groups in total. The molecule has 40 heavy (non-hydrogen) atoms. The zero-order valence-electron chi connectivity index (χ0n) is 23.1. The number of fused-ring (bicyclic) bond motifs is 3. The van der Waals surface area contributed by atoms with E-state index in [-0.39, 0.29) is 28.9 Å². The second kappa shape index (κ2) is 10.4. The number of nitrogens with zero attached hydrogens (tertiary/aromatic N) is 4. The van der Waals surface area contributed by atoms with Crippen molar-refractivity contribution >= 4 is 17.7 Å². The van der Waals surface area contributed by atoms with E-state index in [0.717, 1.165) is 9.13 Å². The standard InChI is InChI=1S/C28H22ClF3N4O4/c1-28(2,39)18-8-5-9-35(26(18)37)25-23(32)24-15(12-34-25)6-3-4-7-17-11-21(22(29)27(38)36(17)24)40-14-20-19(31)10-16(30)13-33-20/h3,5-6,8-13,39H,4,7,14H2,1-2H3/b6-3-/i14D2. The number of aliphatic hydroxyl groups is 1. The SMILES string of the molecule is [2H]C([2H])(Oc1cc2n(c(=O)c1Cl)-c1c(cnc(-n3cccc(C(C)(C)O)c3=O)c1F)/C=C\CC2)c1ncc(F)cc1F. The van der Waals surface area contributed by atoms with Crippen molar-refractivity contribution in [3.05, 3.63) is 115 Å². The van der Waals surface area contributed by atoms with E-state index in [1.54, 1.807) is 12.2 Å². The Morgan fingerprint density at radius 1 is 1.18 bits per heavy atom. The van der Waals surface area contributed by atoms with Crippen molar-refractivity contribution < 1.29 is 25.8 Å². The normalized spacial score (nSPS) is 14.8. The van der Waals surface area contributed by atoms with E-state index in [1.165, 1.54) is 44.4 Å². The molecule has 0 amide bonds. The van der Waals surface area contributed by atoms with Crippen LogP contribution in [-0.4, -0.2) is 24.2 Å². The number of halogens is 4. The van der Waals surface area contributed by atoms with Gasteiger partial charge in [-0.3, -0.25) is 23.7 Å². The predicted octanol–water partition coefficient (Wildman–Crippen LogP) is 4.61. The number of pyridine rings is 4. The van der Waals surface area contributed by atoms with E-state index in [1.807, 2.05) is 0 Å². The molecule has 5 rings (SSSR count). The van der Waals surface area contributed by atoms with E-state index >= 15 is 4.39 Å². The minimum absolute atomic E-state index is 0.0124. The molecule has 0 radical (unpaired) electrons. The van der Waals surface area contributed by atoms with Crippen molar-refractivity contribution in [3.63, 3.8) is 0 Å². The summed E-state index contributed by atoms with van der Waals surface area (Å²) in [7, 11) is 0. The summed E-state index contributed by atoms with van der Waals surface area (Å²) in [5.41, 5.74) is -4.08. The summed E-state index contributed by atoms with van der Waals surface area (Å²) in [4.78, 5) is 34.3. The average molecular weight is 573 g/mol. The first-order valence-corrected chi connectivity index (χ1v) is 12.3. The van der Waals surface area contributed by atoms with Crippen molar-refractivity contribution in [1.29, 1.82) is 0 Å². The number of hydrogen-bond donors (Lipinski definition) is 1. The minimum atomic E-state index is -2.97. The largest absolute Gasteiger partial charge is 0.485 e. The van der Waals surface area contributed by atoms with Gasteiger partial charge < -0.3 is 9.84 Å². The molecular formula is C28H22ClF3N4O4. The van der Waals surface area contributed by atoms with Crippen LogP contribution in [0.3, 0.4) is 0 Å². The molecule has 0 spiro atoms. The van der Waals surface area contributed by atoms with Gasteiger partial charge in [-0.05, 0) is 38.8 Å². The van der Waals surface area contributed by atoms with Gasteiger partial charge >= 0.3 is 0 Å². The molecule has 0 saturated heterocycles. The van der Waals surface area contributed by atoms with Crippen molar-refractivity contribution in [2.24, 2.45) is 0 Å². The molecule has 12 heteroatoms. The quantitative estimate of drug-likeness (QED) is 0.375. The highest BCUT2D eigenvalue weighted by Crippen LogP contribution is 2.31. The molecule has 4 aromatic heterocycles. The average Bonchev–Trinajstić information content (AvgIpc) is 2.88. The smallest absolute Gasteiger partial charge is 0.278 e. The van der Waals surface area contributed by atoms with Crippen LogP contribution in [0.15, 0.2) is 58.5 Å². The van der Waals surface area contributed by atoms with Gasteiger partial charge in [0.25, 0.3) is 11.1 Å². The second-order valence-electron chi connectivity index (χ2n) is 9.44. The van der Waals surface area contributed by atoms with Gasteiger partial charge in [-0.2, -0.15) is 0 Å². The van der Waals surface area contributed by atoms with Crippen LogP contribution < -0.4 is 15.9 Å². The van der Waals surface area contributed by atoms with Crippen LogP contribution in [-0.2, 0) is 18.6 Å². The number of allylic oxidation sites excluding steroid dienone is 1. The van der Waals surface area contributed by atoms with Gasteiger partial charge in [0.05, 0.1) is 20.2 Å². The molecule has 0 saturated carbocycles. The van der Waals surface area contributed by atoms with Crippen LogP contribution in [0.1, 0.15) is 45.5 Å². The Kier molecular flexibility index (Phi) is 6.45. The topological polar surface area (TPSA) is 99.2 Å². The van der Waals surface area contributed by atoms with Crippen LogP contribution in [0, 0.1) is 17.5 Å². The zero-order valence-corrected chi connectivity index (χ0v) is 21.8. The van der Waals surface area contributed by atoms with Gasteiger partial charge in [0.2, 0.25) is 0 Å². The number of aryl methyl sites for hydroxylation is 1. The summed E-state index contributed by atoms with van der Waals surface area (Å²) in [6.45, 7) is -0.158. The lowest BCUT2D eigenvalue weighted by Crippen LogP contribution is -2.32. The molecule has 8 nitrogen and oxygen atoms in total. The Morgan fingerprint density at radius 2 is 1.95 bits per heavy atom. The number of ether oxygens (including phenoxy) is 1. The number of hydrogen-bond acceptors (Lipinski definition) is 6. The molecule has 0 bridgehead atoms. The summed E-state index contributed by atoms with van der Waals surface area (Å²) >= 11 is 6.32. The maximum absolute atomic E-state index is 16.3. The Hall–Kier alpha value is -4.22. The van der Waals surface area contributed by atoms with Crippen LogP contribution in [0.5, 0.6) is 5.75 Å². The molecule has 0 aromatic carbocycles. The monoisotopic (exact) mass is 572 g/mol. The fourth-order valence-corrected chi connectivity index (χ4v) is 4.45. The van der Waals surface area contributed by atoms with E-state index in [2.05, 4.69) is 9.97 Å². The van der Waals surface area contributed by atoms with Crippen LogP contribution in [0.2, 0.25) is 5.02 Å². The van der Waals surface area contributed by atoms with Crippen LogP contribution in [0.25, 0.3) is 17.6 Å². The molecule has 1 aliphatic rings. The molecule has 0 unspecified atom stereocenters. The van der Waals surface area contributed by atoms with Crippen molar-refractivity contribution in [3.8, 4) is 17.3 Å². The van der Waals surface area contributed by atoms with E-state index in [4.69, 9.17) is 19.1 Å². The fourth-order valence-electron chi connectivity index (χ4n) is 4.28. The van der Waals surface area contributed by atoms with Crippen LogP contribution >= 0.6 is 11.6 Å². The summed E-state index contributed by atoms with van der Waals surface area (Å²) in [5.74, 6) is -4.30. The van der Waals surface area contributed by atoms with Gasteiger partial charge in [0.15, 0.2) is 17.5 Å². The third kappa shape index (κ3) is 4.93. The van der Waals surface area contributed by atoms with Gasteiger partial charge in [-0.15, -0.1) is 0 Å². The van der Waals surface area contributed by atoms with Crippen molar-refractivity contribution in [1.82, 2.24) is 19.1 Å². The molecule has 1 aliphatic heterocycles. The third-order valence-electron chi connectivity index (χ3n) is 6.18. The summed E-state index contributed by atoms with van der Waals surface area (Å²) in [6.07, 6.45) is 6.94. The van der Waals surface area contributed by atoms with E-state index < -0.39 is 63.0 Å². The molecule has 0 atom stereocenters. The highest BCUT2D eigenvalue weighted by molar-refractivity contribution is 6.31. The first-order valence-electron chi connectivity index (χ1n) is 13.0. The lowest BCUT2D eigenvalue weighted by molar-refractivity contribution is 0.0767. The molecule has 0 aliphatic carbocycles. The lowest BCUT2D eigenvalue weighted by atomic mass is 10.0. The second-order valence-corrected chi connectivity index (χ2v) is 9.82. The minimum Gasteiger partial charge on any atom is -0.485 e. The molecule has 0 fully saturated rings. The first kappa shape index (κ1) is 24.8. The summed E-state index contributed by atoms with van der Waals surface area (Å²) in [6, 6.07) is 4.49. The predicted molar refractivity (Wildman–Crippen MR) is 141 cm³/mol. The van der Waals surface area contributed by atoms with Gasteiger partial charge in [0.1, 0.15) is 28.8 Å². The molecule has 4 aromatic rings. The van der Waals surface area contributed by atoms with Crippen molar-refractivity contribution in [2.45, 2.75) is 38.8 Å². The van der Waals surface area contributed by atoms with Gasteiger partial charge in [-0.1, -0.05) is 23.8 Å². The first-order chi connectivity index (χ1) is 19.7. The summed E-state index contributed by atoms with van der Waals surface area (Å²) in [5, 5.41) is 9.74. The number of aromatic nitrogens is 4. The van der Waals surface area contributed by atoms with Gasteiger partial charge in [0, 0.05) is 41.3 Å². The third-order valence-corrected chi connectivity index (χ3v) is 6.53. The van der Waals surface area contributed by atoms with Crippen LogP contribution in [0.4, 0.5) is 13.2 Å². The Bertz CT molecular complexity index is 1890. The molecule has 206 valence electrons. The maximum Gasteiger partial charge on any atom is 0.278 e. The summed E-state index contributed by atoms with van der Waals surface area (Å²) < 4.78 is 67.5. The molecular weight excluding hydrogens is 549 g/mol. The maximum atomic E-state index is 16.3. The Balaban J connectivity index is 1.69. The van der Waals surface area contributed by atoms with Gasteiger partial charge in [-0.25, -0.2) is 18.2 Å². The molecule has 5 heterocycles. The van der Waals surface area contributed by atoms with E-state index in [9.17, 15) is 23.5 Å². The Morgan fingerprint density at radius 3 is 2.67 bits per heavy atom. The highest BCUT2D eigenvalue weighted by Gasteiger charge is 2.26. The Labute approximate surface area is 233 Å². The highest BCUT2D eigenvalue weighted by atomic mass is 35.5. The van der Waals surface area contributed by atoms with Crippen molar-refractivity contribution in [2.75, 3.05) is 0 Å². The lowest BCUT2D eigenvalue weighted by Gasteiger charge is -2.22. The van der Waals surface area contributed by atoms with E-state index in [0.29, 0.717) is 18.7 Å². The zero-order chi connectivity index (χ0) is 30.6. The fraction of sp³-hybridized carbons (Fsp3) is 0.214.